The van der Waals surface area contributed by atoms with Gasteiger partial charge in [0.1, 0.15) is 0 Å². The van der Waals surface area contributed by atoms with Crippen molar-refractivity contribution in [3.8, 4) is 0 Å². The average molecular weight is 411 g/mol. The van der Waals surface area contributed by atoms with Gasteiger partial charge in [-0.2, -0.15) is 0 Å². The van der Waals surface area contributed by atoms with E-state index in [0.717, 1.165) is 21.8 Å². The molecule has 0 aromatic heterocycles. The van der Waals surface area contributed by atoms with E-state index in [9.17, 15) is 4.79 Å². The molecule has 0 fully saturated rings. The average Bonchev–Trinajstić information content (AvgIpc) is 2.50. The summed E-state index contributed by atoms with van der Waals surface area (Å²) in [6, 6.07) is 15.9. The van der Waals surface area contributed by atoms with E-state index in [0.29, 0.717) is 5.56 Å². The molecule has 0 bridgehead atoms. The Morgan fingerprint density at radius 3 is 2.52 bits per heavy atom. The summed E-state index contributed by atoms with van der Waals surface area (Å²) in [4.78, 5) is 12.4. The van der Waals surface area contributed by atoms with Gasteiger partial charge >= 0.3 is 0 Å². The Kier molecular flexibility index (Phi) is 6.00. The van der Waals surface area contributed by atoms with Gasteiger partial charge in [-0.1, -0.05) is 68.3 Å². The smallest absolute Gasteiger partial charge is 0.251 e. The minimum atomic E-state index is -0.0332. The molecule has 0 saturated carbocycles. The summed E-state index contributed by atoms with van der Waals surface area (Å²) in [6.07, 6.45) is 0.810. The van der Waals surface area contributed by atoms with Crippen LogP contribution in [0.15, 0.2) is 53.0 Å². The van der Waals surface area contributed by atoms with Crippen LogP contribution in [0.2, 0.25) is 0 Å². The van der Waals surface area contributed by atoms with Crippen molar-refractivity contribution < 1.29 is 4.79 Å². The number of amides is 1. The van der Waals surface area contributed by atoms with E-state index < -0.39 is 0 Å². The second-order valence-electron chi connectivity index (χ2n) is 4.93. The lowest BCUT2D eigenvalue weighted by Gasteiger charge is -2.17. The summed E-state index contributed by atoms with van der Waals surface area (Å²) in [6.45, 7) is 1.94. The number of rotatable bonds is 5. The van der Waals surface area contributed by atoms with Gasteiger partial charge in [0.15, 0.2) is 0 Å². The maximum Gasteiger partial charge on any atom is 0.251 e. The zero-order valence-corrected chi connectivity index (χ0v) is 14.9. The van der Waals surface area contributed by atoms with Crippen LogP contribution in [0.5, 0.6) is 0 Å². The van der Waals surface area contributed by atoms with Crippen LogP contribution < -0.4 is 5.32 Å². The van der Waals surface area contributed by atoms with Crippen LogP contribution >= 0.6 is 31.9 Å². The largest absolute Gasteiger partial charge is 0.348 e. The molecule has 2 aromatic carbocycles. The van der Waals surface area contributed by atoms with Gasteiger partial charge < -0.3 is 5.32 Å². The quantitative estimate of drug-likeness (QED) is 0.722. The summed E-state index contributed by atoms with van der Waals surface area (Å²) in [5.41, 5.74) is 2.89. The van der Waals surface area contributed by atoms with Gasteiger partial charge in [0.25, 0.3) is 5.91 Å². The first kappa shape index (κ1) is 16.2. The summed E-state index contributed by atoms with van der Waals surface area (Å²) in [7, 11) is 0. The molecule has 1 unspecified atom stereocenters. The lowest BCUT2D eigenvalue weighted by atomic mass is 10.1. The van der Waals surface area contributed by atoms with Gasteiger partial charge in [-0.15, -0.1) is 0 Å². The van der Waals surface area contributed by atoms with Crippen LogP contribution in [-0.4, -0.2) is 17.3 Å². The van der Waals surface area contributed by atoms with Crippen molar-refractivity contribution in [2.75, 3.05) is 5.33 Å². The first-order valence-electron chi connectivity index (χ1n) is 6.77. The second-order valence-corrected chi connectivity index (χ2v) is 6.43. The van der Waals surface area contributed by atoms with E-state index in [1.54, 1.807) is 0 Å². The van der Waals surface area contributed by atoms with Crippen molar-refractivity contribution in [1.29, 1.82) is 0 Å². The fraction of sp³-hybridized carbons (Fsp3) is 0.235. The molecule has 110 valence electrons. The molecule has 0 aliphatic carbocycles. The van der Waals surface area contributed by atoms with Crippen LogP contribution in [-0.2, 0) is 6.42 Å². The highest BCUT2D eigenvalue weighted by atomic mass is 79.9. The number of hydrogen-bond acceptors (Lipinski definition) is 1. The fourth-order valence-electron chi connectivity index (χ4n) is 2.16. The van der Waals surface area contributed by atoms with Crippen molar-refractivity contribution in [3.63, 3.8) is 0 Å². The molecule has 0 aliphatic heterocycles. The molecular formula is C17H17Br2NO. The molecule has 2 aromatic rings. The third kappa shape index (κ3) is 4.42. The Morgan fingerprint density at radius 2 is 1.86 bits per heavy atom. The maximum absolute atomic E-state index is 12.4. The molecule has 21 heavy (non-hydrogen) atoms. The van der Waals surface area contributed by atoms with Crippen molar-refractivity contribution in [3.05, 3.63) is 69.7 Å². The standard InChI is InChI=1S/C17H17Br2NO/c1-12-15(8-5-9-16(12)19)17(21)20-14(11-18)10-13-6-3-2-4-7-13/h2-9,14H,10-11H2,1H3,(H,20,21). The SMILES string of the molecule is Cc1c(Br)cccc1C(=O)NC(CBr)Cc1ccccc1. The van der Waals surface area contributed by atoms with E-state index >= 15 is 0 Å². The summed E-state index contributed by atoms with van der Waals surface area (Å²) in [5, 5.41) is 3.82. The van der Waals surface area contributed by atoms with Crippen LogP contribution in [0.3, 0.4) is 0 Å². The van der Waals surface area contributed by atoms with Gasteiger partial charge in [0.05, 0.1) is 0 Å². The first-order valence-corrected chi connectivity index (χ1v) is 8.69. The second kappa shape index (κ2) is 7.76. The van der Waals surface area contributed by atoms with Crippen LogP contribution in [0.1, 0.15) is 21.5 Å². The van der Waals surface area contributed by atoms with E-state index in [1.165, 1.54) is 5.56 Å². The molecule has 4 heteroatoms. The molecule has 0 heterocycles. The van der Waals surface area contributed by atoms with Gasteiger partial charge in [-0.05, 0) is 36.6 Å². The van der Waals surface area contributed by atoms with Crippen molar-refractivity contribution in [1.82, 2.24) is 5.32 Å². The zero-order valence-electron chi connectivity index (χ0n) is 11.8. The Hall–Kier alpha value is -1.13. The van der Waals surface area contributed by atoms with E-state index in [-0.39, 0.29) is 11.9 Å². The summed E-state index contributed by atoms with van der Waals surface area (Å²) >= 11 is 6.95. The number of benzene rings is 2. The highest BCUT2D eigenvalue weighted by molar-refractivity contribution is 9.10. The Morgan fingerprint density at radius 1 is 1.14 bits per heavy atom. The van der Waals surface area contributed by atoms with Crippen molar-refractivity contribution in [2.45, 2.75) is 19.4 Å². The maximum atomic E-state index is 12.4. The monoisotopic (exact) mass is 409 g/mol. The molecule has 1 atom stereocenters. The topological polar surface area (TPSA) is 29.1 Å². The molecule has 0 saturated heterocycles. The minimum absolute atomic E-state index is 0.0332. The third-order valence-electron chi connectivity index (χ3n) is 3.36. The van der Waals surface area contributed by atoms with Crippen LogP contribution in [0.4, 0.5) is 0 Å². The predicted octanol–water partition coefficient (Wildman–Crippen LogP) is 4.49. The van der Waals surface area contributed by atoms with E-state index in [1.807, 2.05) is 43.3 Å². The fourth-order valence-corrected chi connectivity index (χ4v) is 2.92. The van der Waals surface area contributed by atoms with Gasteiger partial charge in [-0.3, -0.25) is 4.79 Å². The number of nitrogens with one attached hydrogen (secondary N) is 1. The molecule has 0 radical (unpaired) electrons. The lowest BCUT2D eigenvalue weighted by molar-refractivity contribution is 0.0940. The summed E-state index contributed by atoms with van der Waals surface area (Å²) < 4.78 is 0.952. The normalized spacial score (nSPS) is 12.0. The third-order valence-corrected chi connectivity index (χ3v) is 5.00. The van der Waals surface area contributed by atoms with E-state index in [4.69, 9.17) is 0 Å². The number of halogens is 2. The van der Waals surface area contributed by atoms with Crippen molar-refractivity contribution >= 4 is 37.8 Å². The molecule has 0 aliphatic rings. The predicted molar refractivity (Wildman–Crippen MR) is 94.1 cm³/mol. The van der Waals surface area contributed by atoms with Gasteiger partial charge in [0, 0.05) is 21.4 Å². The van der Waals surface area contributed by atoms with Gasteiger partial charge in [-0.25, -0.2) is 0 Å². The molecule has 2 rings (SSSR count). The lowest BCUT2D eigenvalue weighted by Crippen LogP contribution is -2.38. The van der Waals surface area contributed by atoms with E-state index in [2.05, 4.69) is 49.3 Å². The van der Waals surface area contributed by atoms with Gasteiger partial charge in [0.2, 0.25) is 0 Å². The minimum Gasteiger partial charge on any atom is -0.348 e. The molecule has 2 nitrogen and oxygen atoms in total. The van der Waals surface area contributed by atoms with Crippen molar-refractivity contribution in [2.24, 2.45) is 0 Å². The number of alkyl halides is 1. The Balaban J connectivity index is 2.08. The molecule has 1 N–H and O–H groups in total. The molecular weight excluding hydrogens is 394 g/mol. The Bertz CT molecular complexity index is 613. The molecule has 0 spiro atoms. The highest BCUT2D eigenvalue weighted by Gasteiger charge is 2.15. The Labute approximate surface area is 142 Å². The number of carbonyl (C=O) groups is 1. The zero-order chi connectivity index (χ0) is 15.2. The van der Waals surface area contributed by atoms with Crippen LogP contribution in [0, 0.1) is 6.92 Å². The summed E-state index contributed by atoms with van der Waals surface area (Å²) in [5.74, 6) is -0.0332. The first-order chi connectivity index (χ1) is 10.1. The number of carbonyl (C=O) groups excluding carboxylic acids is 1. The highest BCUT2D eigenvalue weighted by Crippen LogP contribution is 2.19. The molecule has 1 amide bonds. The number of hydrogen-bond donors (Lipinski definition) is 1. The van der Waals surface area contributed by atoms with Crippen LogP contribution in [0.25, 0.3) is 0 Å².